The molecule has 3 N–H and O–H groups in total. The summed E-state index contributed by atoms with van der Waals surface area (Å²) >= 11 is 1.61. The second-order valence-corrected chi connectivity index (χ2v) is 4.66. The van der Waals surface area contributed by atoms with Gasteiger partial charge in [0, 0.05) is 17.1 Å². The van der Waals surface area contributed by atoms with E-state index in [0.717, 1.165) is 11.3 Å². The highest BCUT2D eigenvalue weighted by atomic mass is 32.2. The van der Waals surface area contributed by atoms with Crippen LogP contribution in [0.25, 0.3) is 0 Å². The number of hydrazine groups is 1. The van der Waals surface area contributed by atoms with Gasteiger partial charge in [0.05, 0.1) is 13.5 Å². The van der Waals surface area contributed by atoms with Crippen molar-refractivity contribution in [2.75, 3.05) is 12.9 Å². The summed E-state index contributed by atoms with van der Waals surface area (Å²) in [4.78, 5) is 22.2. The van der Waals surface area contributed by atoms with Crippen molar-refractivity contribution in [2.24, 2.45) is 5.84 Å². The Hall–Kier alpha value is -1.53. The Labute approximate surface area is 110 Å². The van der Waals surface area contributed by atoms with E-state index in [1.54, 1.807) is 30.0 Å². The van der Waals surface area contributed by atoms with Gasteiger partial charge >= 0.3 is 5.97 Å². The maximum atomic E-state index is 11.3. The van der Waals surface area contributed by atoms with E-state index in [9.17, 15) is 9.59 Å². The van der Waals surface area contributed by atoms with Crippen LogP contribution in [0.3, 0.4) is 0 Å². The second kappa shape index (κ2) is 7.73. The largest absolute Gasteiger partial charge is 0.469 e. The molecule has 1 aromatic carbocycles. The number of nitrogen functional groups attached to an aromatic ring is 1. The minimum absolute atomic E-state index is 0.209. The average Bonchev–Trinajstić information content (AvgIpc) is 2.42. The van der Waals surface area contributed by atoms with Gasteiger partial charge in [-0.3, -0.25) is 15.0 Å². The van der Waals surface area contributed by atoms with Crippen molar-refractivity contribution in [1.82, 2.24) is 5.43 Å². The fourth-order valence-corrected chi connectivity index (χ4v) is 2.20. The van der Waals surface area contributed by atoms with Crippen LogP contribution >= 0.6 is 11.8 Å². The van der Waals surface area contributed by atoms with E-state index in [4.69, 9.17) is 5.84 Å². The van der Waals surface area contributed by atoms with Crippen molar-refractivity contribution in [1.29, 1.82) is 0 Å². The Morgan fingerprint density at radius 1 is 1.44 bits per heavy atom. The summed E-state index contributed by atoms with van der Waals surface area (Å²) in [5, 5.41) is 0. The number of amides is 1. The average molecular weight is 268 g/mol. The van der Waals surface area contributed by atoms with E-state index in [1.807, 2.05) is 6.07 Å². The number of benzene rings is 1. The SMILES string of the molecule is COC(=O)CCSCc1cccc(C(=O)NN)c1. The first kappa shape index (κ1) is 14.5. The molecule has 0 aliphatic carbocycles. The van der Waals surface area contributed by atoms with Gasteiger partial charge in [-0.05, 0) is 17.7 Å². The number of thioether (sulfide) groups is 1. The molecule has 0 saturated carbocycles. The number of carbonyl (C=O) groups is 2. The smallest absolute Gasteiger partial charge is 0.306 e. The molecule has 1 rings (SSSR count). The molecule has 0 spiro atoms. The molecular formula is C12H16N2O3S. The molecule has 0 atom stereocenters. The van der Waals surface area contributed by atoms with Crippen LogP contribution in [0.2, 0.25) is 0 Å². The topological polar surface area (TPSA) is 81.4 Å². The number of nitrogens with two attached hydrogens (primary N) is 1. The lowest BCUT2D eigenvalue weighted by Crippen LogP contribution is -2.29. The Kier molecular flexibility index (Phi) is 6.24. The van der Waals surface area contributed by atoms with Gasteiger partial charge in [0.1, 0.15) is 0 Å². The Balaban J connectivity index is 2.43. The number of ether oxygens (including phenoxy) is 1. The van der Waals surface area contributed by atoms with Gasteiger partial charge in [-0.1, -0.05) is 12.1 Å². The predicted molar refractivity (Wildman–Crippen MR) is 70.9 cm³/mol. The van der Waals surface area contributed by atoms with Gasteiger partial charge in [-0.15, -0.1) is 0 Å². The van der Waals surface area contributed by atoms with Crippen molar-refractivity contribution in [2.45, 2.75) is 12.2 Å². The zero-order chi connectivity index (χ0) is 13.4. The first-order valence-corrected chi connectivity index (χ1v) is 6.57. The van der Waals surface area contributed by atoms with Crippen molar-refractivity contribution in [3.05, 3.63) is 35.4 Å². The van der Waals surface area contributed by atoms with Gasteiger partial charge in [0.15, 0.2) is 0 Å². The fourth-order valence-electron chi connectivity index (χ4n) is 1.33. The molecule has 0 saturated heterocycles. The molecule has 1 amide bonds. The van der Waals surface area contributed by atoms with Crippen LogP contribution in [0.4, 0.5) is 0 Å². The Bertz CT molecular complexity index is 424. The van der Waals surface area contributed by atoms with Crippen molar-refractivity contribution < 1.29 is 14.3 Å². The fraction of sp³-hybridized carbons (Fsp3) is 0.333. The zero-order valence-electron chi connectivity index (χ0n) is 10.1. The van der Waals surface area contributed by atoms with Crippen LogP contribution in [-0.4, -0.2) is 24.7 Å². The zero-order valence-corrected chi connectivity index (χ0v) is 11.0. The van der Waals surface area contributed by atoms with Crippen LogP contribution in [0.1, 0.15) is 22.3 Å². The van der Waals surface area contributed by atoms with Gasteiger partial charge in [-0.25, -0.2) is 5.84 Å². The van der Waals surface area contributed by atoms with Crippen LogP contribution < -0.4 is 11.3 Å². The van der Waals surface area contributed by atoms with Crippen LogP contribution in [0.5, 0.6) is 0 Å². The highest BCUT2D eigenvalue weighted by Crippen LogP contribution is 2.14. The molecule has 0 aliphatic rings. The Morgan fingerprint density at radius 2 is 2.22 bits per heavy atom. The molecule has 0 aliphatic heterocycles. The lowest BCUT2D eigenvalue weighted by atomic mass is 10.1. The van der Waals surface area contributed by atoms with E-state index < -0.39 is 0 Å². The van der Waals surface area contributed by atoms with E-state index >= 15 is 0 Å². The quantitative estimate of drug-likeness (QED) is 0.265. The highest BCUT2D eigenvalue weighted by molar-refractivity contribution is 7.98. The summed E-state index contributed by atoms with van der Waals surface area (Å²) in [5.41, 5.74) is 3.64. The number of nitrogens with one attached hydrogen (secondary N) is 1. The Morgan fingerprint density at radius 3 is 2.89 bits per heavy atom. The monoisotopic (exact) mass is 268 g/mol. The third-order valence-corrected chi connectivity index (χ3v) is 3.30. The molecule has 6 heteroatoms. The molecule has 98 valence electrons. The van der Waals surface area contributed by atoms with E-state index in [-0.39, 0.29) is 11.9 Å². The van der Waals surface area contributed by atoms with Gasteiger partial charge in [0.25, 0.3) is 5.91 Å². The van der Waals surface area contributed by atoms with Crippen molar-refractivity contribution >= 4 is 23.6 Å². The van der Waals surface area contributed by atoms with Crippen LogP contribution in [0, 0.1) is 0 Å². The number of rotatable bonds is 6. The summed E-state index contributed by atoms with van der Waals surface area (Å²) in [6, 6.07) is 7.22. The molecule has 0 bridgehead atoms. The minimum atomic E-state index is -0.309. The van der Waals surface area contributed by atoms with Crippen LogP contribution in [-0.2, 0) is 15.3 Å². The molecule has 0 unspecified atom stereocenters. The third kappa shape index (κ3) is 4.77. The summed E-state index contributed by atoms with van der Waals surface area (Å²) in [6.45, 7) is 0. The number of esters is 1. The van der Waals surface area contributed by atoms with E-state index in [0.29, 0.717) is 17.7 Å². The first-order valence-electron chi connectivity index (χ1n) is 5.42. The normalized spacial score (nSPS) is 9.89. The van der Waals surface area contributed by atoms with Gasteiger partial charge in [0.2, 0.25) is 0 Å². The van der Waals surface area contributed by atoms with E-state index in [1.165, 1.54) is 7.11 Å². The molecule has 0 fully saturated rings. The molecule has 5 nitrogen and oxygen atoms in total. The van der Waals surface area contributed by atoms with Crippen molar-refractivity contribution in [3.63, 3.8) is 0 Å². The lowest BCUT2D eigenvalue weighted by Gasteiger charge is -2.04. The van der Waals surface area contributed by atoms with E-state index in [2.05, 4.69) is 10.2 Å². The standard InChI is InChI=1S/C12H16N2O3S/c1-17-11(15)5-6-18-8-9-3-2-4-10(7-9)12(16)14-13/h2-4,7H,5-6,8,13H2,1H3,(H,14,16). The number of methoxy groups -OCH3 is 1. The van der Waals surface area contributed by atoms with Gasteiger partial charge < -0.3 is 4.74 Å². The minimum Gasteiger partial charge on any atom is -0.469 e. The molecule has 1 aromatic rings. The maximum Gasteiger partial charge on any atom is 0.306 e. The number of hydrogen-bond acceptors (Lipinski definition) is 5. The molecule has 0 aromatic heterocycles. The summed E-state index contributed by atoms with van der Waals surface area (Å²) < 4.78 is 4.55. The predicted octanol–water partition coefficient (Wildman–Crippen LogP) is 1.09. The molecule has 0 radical (unpaired) electrons. The molecule has 0 heterocycles. The number of carbonyl (C=O) groups excluding carboxylic acids is 2. The molecule has 18 heavy (non-hydrogen) atoms. The summed E-state index contributed by atoms with van der Waals surface area (Å²) in [7, 11) is 1.38. The maximum absolute atomic E-state index is 11.3. The number of hydrogen-bond donors (Lipinski definition) is 2. The van der Waals surface area contributed by atoms with Crippen molar-refractivity contribution in [3.8, 4) is 0 Å². The third-order valence-electron chi connectivity index (χ3n) is 2.27. The summed E-state index contributed by atoms with van der Waals surface area (Å²) in [6.07, 6.45) is 0.393. The summed E-state index contributed by atoms with van der Waals surface area (Å²) in [5.74, 6) is 5.98. The van der Waals surface area contributed by atoms with Gasteiger partial charge in [-0.2, -0.15) is 11.8 Å². The first-order chi connectivity index (χ1) is 8.67. The van der Waals surface area contributed by atoms with Crippen LogP contribution in [0.15, 0.2) is 24.3 Å². The molecular weight excluding hydrogens is 252 g/mol. The second-order valence-electron chi connectivity index (χ2n) is 3.55. The lowest BCUT2D eigenvalue weighted by molar-refractivity contribution is -0.140. The highest BCUT2D eigenvalue weighted by Gasteiger charge is 2.04.